The maximum absolute atomic E-state index is 12.5. The van der Waals surface area contributed by atoms with Gasteiger partial charge in [-0.1, -0.05) is 42.1 Å². The molecule has 0 aliphatic carbocycles. The van der Waals surface area contributed by atoms with Gasteiger partial charge < -0.3 is 14.8 Å². The fraction of sp³-hybridized carbons (Fsp3) is 0.571. The predicted molar refractivity (Wildman–Crippen MR) is 118 cm³/mol. The number of hydrogen-bond acceptors (Lipinski definition) is 7. The Labute approximate surface area is 182 Å². The summed E-state index contributed by atoms with van der Waals surface area (Å²) < 4.78 is 12.7. The molecule has 3 rings (SSSR count). The van der Waals surface area contributed by atoms with E-state index in [1.165, 1.54) is 11.8 Å². The van der Waals surface area contributed by atoms with Crippen LogP contribution < -0.4 is 5.32 Å². The number of carbonyl (C=O) groups is 1. The van der Waals surface area contributed by atoms with E-state index in [9.17, 15) is 4.79 Å². The Balaban J connectivity index is 1.58. The number of carbonyl (C=O) groups excluding carboxylic acids is 1. The number of thioether (sulfide) groups is 1. The molecule has 0 unspecified atom stereocenters. The third-order valence-corrected chi connectivity index (χ3v) is 6.15. The van der Waals surface area contributed by atoms with Crippen LogP contribution in [0.2, 0.25) is 0 Å². The van der Waals surface area contributed by atoms with E-state index >= 15 is 0 Å². The average molecular weight is 434 g/mol. The Morgan fingerprint density at radius 3 is 2.67 bits per heavy atom. The lowest BCUT2D eigenvalue weighted by Crippen LogP contribution is -2.55. The van der Waals surface area contributed by atoms with Gasteiger partial charge in [0.15, 0.2) is 11.0 Å². The first kappa shape index (κ1) is 22.7. The number of benzene rings is 1. The number of ether oxygens (including phenoxy) is 2. The number of rotatable bonds is 10. The molecule has 0 saturated carbocycles. The molecule has 8 nitrogen and oxygen atoms in total. The number of nitrogens with zero attached hydrogens (tertiary/aromatic N) is 4. The maximum atomic E-state index is 12.5. The molecule has 2 aromatic rings. The first-order valence-electron chi connectivity index (χ1n) is 10.2. The summed E-state index contributed by atoms with van der Waals surface area (Å²) in [4.78, 5) is 14.8. The van der Waals surface area contributed by atoms with Gasteiger partial charge in [-0.15, -0.1) is 10.2 Å². The predicted octanol–water partition coefficient (Wildman–Crippen LogP) is 1.91. The van der Waals surface area contributed by atoms with Crippen molar-refractivity contribution in [2.75, 3.05) is 52.3 Å². The second kappa shape index (κ2) is 10.9. The highest BCUT2D eigenvalue weighted by Crippen LogP contribution is 2.24. The molecule has 0 bridgehead atoms. The second-order valence-corrected chi connectivity index (χ2v) is 8.74. The summed E-state index contributed by atoms with van der Waals surface area (Å²) >= 11 is 1.40. The van der Waals surface area contributed by atoms with Gasteiger partial charge in [0.25, 0.3) is 0 Å². The van der Waals surface area contributed by atoms with E-state index in [4.69, 9.17) is 9.47 Å². The maximum Gasteiger partial charge on any atom is 0.230 e. The molecule has 30 heavy (non-hydrogen) atoms. The van der Waals surface area contributed by atoms with Crippen LogP contribution in [0.15, 0.2) is 35.5 Å². The van der Waals surface area contributed by atoms with Crippen molar-refractivity contribution >= 4 is 17.7 Å². The number of amides is 1. The van der Waals surface area contributed by atoms with Crippen molar-refractivity contribution in [3.05, 3.63) is 30.3 Å². The van der Waals surface area contributed by atoms with Crippen LogP contribution >= 0.6 is 11.8 Å². The van der Waals surface area contributed by atoms with Crippen molar-refractivity contribution in [3.63, 3.8) is 0 Å². The van der Waals surface area contributed by atoms with Gasteiger partial charge in [0.1, 0.15) is 0 Å². The largest absolute Gasteiger partial charge is 0.383 e. The Kier molecular flexibility index (Phi) is 8.26. The van der Waals surface area contributed by atoms with E-state index < -0.39 is 0 Å². The topological polar surface area (TPSA) is 81.5 Å². The van der Waals surface area contributed by atoms with Crippen molar-refractivity contribution in [2.45, 2.75) is 31.1 Å². The van der Waals surface area contributed by atoms with Gasteiger partial charge >= 0.3 is 0 Å². The molecule has 1 amide bonds. The van der Waals surface area contributed by atoms with E-state index in [1.54, 1.807) is 7.11 Å². The molecule has 1 aromatic carbocycles. The van der Waals surface area contributed by atoms with Crippen LogP contribution in [0.4, 0.5) is 0 Å². The average Bonchev–Trinajstić information content (AvgIpc) is 3.18. The van der Waals surface area contributed by atoms with Crippen LogP contribution in [0.25, 0.3) is 11.4 Å². The highest BCUT2D eigenvalue weighted by molar-refractivity contribution is 7.99. The molecule has 0 atom stereocenters. The van der Waals surface area contributed by atoms with Crippen LogP contribution in [-0.2, 0) is 20.8 Å². The second-order valence-electron chi connectivity index (χ2n) is 7.79. The number of methoxy groups -OCH3 is 1. The van der Waals surface area contributed by atoms with Crippen LogP contribution in [0, 0.1) is 0 Å². The third-order valence-electron chi connectivity index (χ3n) is 5.19. The Morgan fingerprint density at radius 2 is 1.97 bits per heavy atom. The van der Waals surface area contributed by atoms with Gasteiger partial charge in [-0.2, -0.15) is 0 Å². The van der Waals surface area contributed by atoms with Crippen LogP contribution in [0.1, 0.15) is 13.8 Å². The zero-order valence-electron chi connectivity index (χ0n) is 18.0. The minimum absolute atomic E-state index is 0.0103. The smallest absolute Gasteiger partial charge is 0.230 e. The molecular formula is C21H31N5O3S. The summed E-state index contributed by atoms with van der Waals surface area (Å²) in [6, 6.07) is 9.92. The summed E-state index contributed by atoms with van der Waals surface area (Å²) in [5.74, 6) is 1.06. The normalized spacial score (nSPS) is 15.3. The van der Waals surface area contributed by atoms with E-state index in [0.717, 1.165) is 37.7 Å². The van der Waals surface area contributed by atoms with Crippen molar-refractivity contribution in [1.82, 2.24) is 25.0 Å². The standard InChI is InChI=1S/C21H31N5O3S/c1-21(2,25-9-13-29-14-10-25)16-22-18(27)15-30-20-24-23-19(26(20)11-12-28-3)17-7-5-4-6-8-17/h4-8H,9-16H2,1-3H3,(H,22,27). The van der Waals surface area contributed by atoms with Crippen LogP contribution in [0.3, 0.4) is 0 Å². The lowest BCUT2D eigenvalue weighted by Gasteiger charge is -2.40. The Bertz CT molecular complexity index is 806. The Morgan fingerprint density at radius 1 is 1.23 bits per heavy atom. The fourth-order valence-corrected chi connectivity index (χ4v) is 4.15. The van der Waals surface area contributed by atoms with Gasteiger partial charge in [-0.3, -0.25) is 14.3 Å². The Hall–Kier alpha value is -1.94. The van der Waals surface area contributed by atoms with Gasteiger partial charge in [-0.05, 0) is 13.8 Å². The van der Waals surface area contributed by atoms with Crippen molar-refractivity contribution in [2.24, 2.45) is 0 Å². The molecule has 9 heteroatoms. The van der Waals surface area contributed by atoms with Crippen LogP contribution in [-0.4, -0.2) is 83.4 Å². The lowest BCUT2D eigenvalue weighted by atomic mass is 10.0. The van der Waals surface area contributed by atoms with E-state index in [-0.39, 0.29) is 11.4 Å². The van der Waals surface area contributed by atoms with Crippen LogP contribution in [0.5, 0.6) is 0 Å². The molecule has 1 aliphatic heterocycles. The van der Waals surface area contributed by atoms with E-state index in [0.29, 0.717) is 30.6 Å². The number of nitrogens with one attached hydrogen (secondary N) is 1. The molecule has 1 aromatic heterocycles. The van der Waals surface area contributed by atoms with Gasteiger partial charge in [0.05, 0.1) is 32.1 Å². The van der Waals surface area contributed by atoms with Crippen molar-refractivity contribution < 1.29 is 14.3 Å². The summed E-state index contributed by atoms with van der Waals surface area (Å²) in [7, 11) is 1.67. The minimum Gasteiger partial charge on any atom is -0.383 e. The molecule has 1 fully saturated rings. The highest BCUT2D eigenvalue weighted by atomic mass is 32.2. The molecule has 1 saturated heterocycles. The summed E-state index contributed by atoms with van der Waals surface area (Å²) in [5.41, 5.74) is 0.882. The SMILES string of the molecule is COCCn1c(SCC(=O)NCC(C)(C)N2CCOCC2)nnc1-c1ccccc1. The first-order valence-corrected chi connectivity index (χ1v) is 11.2. The number of hydrogen-bond donors (Lipinski definition) is 1. The molecular weight excluding hydrogens is 402 g/mol. The zero-order chi connectivity index (χ0) is 21.4. The molecule has 164 valence electrons. The van der Waals surface area contributed by atoms with E-state index in [1.807, 2.05) is 34.9 Å². The molecule has 2 heterocycles. The first-order chi connectivity index (χ1) is 14.5. The van der Waals surface area contributed by atoms with E-state index in [2.05, 4.69) is 34.3 Å². The monoisotopic (exact) mass is 433 g/mol. The minimum atomic E-state index is -0.108. The summed E-state index contributed by atoms with van der Waals surface area (Å²) in [6.45, 7) is 9.34. The fourth-order valence-electron chi connectivity index (χ4n) is 3.36. The van der Waals surface area contributed by atoms with Crippen molar-refractivity contribution in [1.29, 1.82) is 0 Å². The van der Waals surface area contributed by atoms with Gasteiger partial charge in [0.2, 0.25) is 5.91 Å². The zero-order valence-corrected chi connectivity index (χ0v) is 18.8. The van der Waals surface area contributed by atoms with Crippen molar-refractivity contribution in [3.8, 4) is 11.4 Å². The number of morpholine rings is 1. The molecule has 0 spiro atoms. The highest BCUT2D eigenvalue weighted by Gasteiger charge is 2.28. The van der Waals surface area contributed by atoms with Gasteiger partial charge in [-0.25, -0.2) is 0 Å². The summed E-state index contributed by atoms with van der Waals surface area (Å²) in [5, 5.41) is 12.5. The summed E-state index contributed by atoms with van der Waals surface area (Å²) in [6.07, 6.45) is 0. The molecule has 1 N–H and O–H groups in total. The molecule has 0 radical (unpaired) electrons. The number of aromatic nitrogens is 3. The third kappa shape index (κ3) is 6.04. The quantitative estimate of drug-likeness (QED) is 0.573. The van der Waals surface area contributed by atoms with Gasteiger partial charge in [0, 0.05) is 37.8 Å². The molecule has 1 aliphatic rings. The lowest BCUT2D eigenvalue weighted by molar-refractivity contribution is -0.119.